The van der Waals surface area contributed by atoms with Gasteiger partial charge in [-0.15, -0.1) is 0 Å². The molecule has 1 aliphatic heterocycles. The van der Waals surface area contributed by atoms with E-state index in [0.29, 0.717) is 6.42 Å². The van der Waals surface area contributed by atoms with Crippen molar-refractivity contribution in [2.75, 3.05) is 25.7 Å². The number of rotatable bonds is 8. The summed E-state index contributed by atoms with van der Waals surface area (Å²) >= 11 is 1.64. The van der Waals surface area contributed by atoms with Gasteiger partial charge in [-0.1, -0.05) is 30.3 Å². The van der Waals surface area contributed by atoms with Crippen LogP contribution >= 0.6 is 11.8 Å². The predicted octanol–water partition coefficient (Wildman–Crippen LogP) is 1.28. The van der Waals surface area contributed by atoms with Crippen molar-refractivity contribution in [3.05, 3.63) is 35.9 Å². The zero-order chi connectivity index (χ0) is 15.9. The van der Waals surface area contributed by atoms with Gasteiger partial charge in [-0.3, -0.25) is 9.69 Å². The maximum Gasteiger partial charge on any atom is 0.328 e. The van der Waals surface area contributed by atoms with E-state index >= 15 is 0 Å². The van der Waals surface area contributed by atoms with E-state index in [4.69, 9.17) is 4.74 Å². The van der Waals surface area contributed by atoms with Crippen LogP contribution in [0.3, 0.4) is 0 Å². The van der Waals surface area contributed by atoms with Crippen molar-refractivity contribution >= 4 is 23.6 Å². The van der Waals surface area contributed by atoms with Crippen LogP contribution in [0.4, 0.5) is 0 Å². The van der Waals surface area contributed by atoms with Gasteiger partial charge in [0, 0.05) is 13.1 Å². The monoisotopic (exact) mass is 322 g/mol. The molecular weight excluding hydrogens is 300 g/mol. The molecule has 1 aromatic carbocycles. The Morgan fingerprint density at radius 1 is 1.41 bits per heavy atom. The van der Waals surface area contributed by atoms with Crippen LogP contribution in [0.25, 0.3) is 0 Å². The minimum absolute atomic E-state index is 0.0903. The lowest BCUT2D eigenvalue weighted by Gasteiger charge is -2.16. The fourth-order valence-corrected chi connectivity index (χ4v) is 2.78. The Labute approximate surface area is 135 Å². The van der Waals surface area contributed by atoms with Gasteiger partial charge in [-0.05, 0) is 24.0 Å². The van der Waals surface area contributed by atoms with E-state index in [1.165, 1.54) is 12.7 Å². The van der Waals surface area contributed by atoms with Gasteiger partial charge in [0.1, 0.15) is 12.1 Å². The topological polar surface area (TPSA) is 58.4 Å². The van der Waals surface area contributed by atoms with Crippen molar-refractivity contribution in [1.29, 1.82) is 0 Å². The number of thioether (sulfide) groups is 1. The number of hydrogen-bond donors (Lipinski definition) is 1. The first-order valence-corrected chi connectivity index (χ1v) is 8.70. The highest BCUT2D eigenvalue weighted by Crippen LogP contribution is 2.21. The van der Waals surface area contributed by atoms with Crippen molar-refractivity contribution in [2.45, 2.75) is 25.0 Å². The van der Waals surface area contributed by atoms with Gasteiger partial charge in [0.05, 0.1) is 7.11 Å². The molecule has 22 heavy (non-hydrogen) atoms. The van der Waals surface area contributed by atoms with Gasteiger partial charge in [0.15, 0.2) is 0 Å². The van der Waals surface area contributed by atoms with E-state index in [9.17, 15) is 9.59 Å². The molecule has 0 aliphatic carbocycles. The molecule has 6 heteroatoms. The van der Waals surface area contributed by atoms with Gasteiger partial charge in [-0.25, -0.2) is 4.79 Å². The van der Waals surface area contributed by atoms with E-state index in [-0.39, 0.29) is 17.9 Å². The molecule has 1 aromatic rings. The van der Waals surface area contributed by atoms with Gasteiger partial charge >= 0.3 is 5.97 Å². The Balaban J connectivity index is 1.83. The highest BCUT2D eigenvalue weighted by molar-refractivity contribution is 7.98. The minimum Gasteiger partial charge on any atom is -0.467 e. The third kappa shape index (κ3) is 4.74. The molecule has 1 amide bonds. The van der Waals surface area contributed by atoms with Crippen molar-refractivity contribution in [3.8, 4) is 0 Å². The van der Waals surface area contributed by atoms with Crippen molar-refractivity contribution in [1.82, 2.24) is 10.2 Å². The van der Waals surface area contributed by atoms with Crippen LogP contribution in [-0.2, 0) is 20.9 Å². The standard InChI is InChI=1S/C16H22N2O3S/c1-21-16(20)13(8-9-22-2)17-15(19)14-11-18(14)10-12-6-4-3-5-7-12/h3-7,13-14H,8-11H2,1-2H3,(H,17,19). The summed E-state index contributed by atoms with van der Waals surface area (Å²) in [5, 5.41) is 2.81. The highest BCUT2D eigenvalue weighted by atomic mass is 32.2. The second-order valence-electron chi connectivity index (χ2n) is 5.30. The number of nitrogens with zero attached hydrogens (tertiary/aromatic N) is 1. The number of hydrogen-bond acceptors (Lipinski definition) is 5. The summed E-state index contributed by atoms with van der Waals surface area (Å²) in [5.41, 5.74) is 1.18. The van der Waals surface area contributed by atoms with E-state index < -0.39 is 6.04 Å². The molecule has 3 atom stereocenters. The molecule has 0 aromatic heterocycles. The molecule has 0 bridgehead atoms. The third-order valence-corrected chi connectivity index (χ3v) is 4.30. The summed E-state index contributed by atoms with van der Waals surface area (Å²) in [6, 6.07) is 9.35. The maximum absolute atomic E-state index is 12.2. The number of esters is 1. The normalized spacial score (nSPS) is 21.0. The summed E-state index contributed by atoms with van der Waals surface area (Å²) in [7, 11) is 1.35. The number of carbonyl (C=O) groups is 2. The Morgan fingerprint density at radius 2 is 2.14 bits per heavy atom. The van der Waals surface area contributed by atoms with Crippen LogP contribution in [0.1, 0.15) is 12.0 Å². The Bertz CT molecular complexity index is 509. The van der Waals surface area contributed by atoms with E-state index in [2.05, 4.69) is 10.2 Å². The van der Waals surface area contributed by atoms with E-state index in [1.54, 1.807) is 11.8 Å². The SMILES string of the molecule is COC(=O)C(CCSC)NC(=O)C1CN1Cc1ccccc1. The number of amides is 1. The largest absolute Gasteiger partial charge is 0.467 e. The molecule has 2 rings (SSSR count). The zero-order valence-electron chi connectivity index (χ0n) is 13.0. The number of carbonyl (C=O) groups excluding carboxylic acids is 2. The first kappa shape index (κ1) is 16.8. The fourth-order valence-electron chi connectivity index (χ4n) is 2.31. The minimum atomic E-state index is -0.552. The molecule has 1 aliphatic rings. The third-order valence-electron chi connectivity index (χ3n) is 3.66. The van der Waals surface area contributed by atoms with Crippen LogP contribution in [0, 0.1) is 0 Å². The molecule has 0 radical (unpaired) electrons. The van der Waals surface area contributed by atoms with E-state index in [1.807, 2.05) is 36.6 Å². The number of methoxy groups -OCH3 is 1. The highest BCUT2D eigenvalue weighted by Gasteiger charge is 2.41. The maximum atomic E-state index is 12.2. The number of ether oxygens (including phenoxy) is 1. The molecule has 0 saturated carbocycles. The first-order chi connectivity index (χ1) is 10.7. The Kier molecular flexibility index (Phi) is 6.27. The lowest BCUT2D eigenvalue weighted by atomic mass is 10.2. The molecule has 0 spiro atoms. The number of benzene rings is 1. The molecule has 1 saturated heterocycles. The van der Waals surface area contributed by atoms with Gasteiger partial charge in [-0.2, -0.15) is 11.8 Å². The summed E-state index contributed by atoms with van der Waals surface area (Å²) in [5.74, 6) is 0.337. The fraction of sp³-hybridized carbons (Fsp3) is 0.500. The summed E-state index contributed by atoms with van der Waals surface area (Å²) in [4.78, 5) is 26.0. The predicted molar refractivity (Wildman–Crippen MR) is 87.6 cm³/mol. The van der Waals surface area contributed by atoms with Crippen LogP contribution < -0.4 is 5.32 Å². The molecule has 120 valence electrons. The van der Waals surface area contributed by atoms with Crippen LogP contribution in [0.15, 0.2) is 30.3 Å². The summed E-state index contributed by atoms with van der Waals surface area (Å²) in [6.07, 6.45) is 2.56. The molecule has 1 N–H and O–H groups in total. The number of nitrogens with one attached hydrogen (secondary N) is 1. The van der Waals surface area contributed by atoms with Crippen LogP contribution in [0.2, 0.25) is 0 Å². The molecule has 3 unspecified atom stereocenters. The van der Waals surface area contributed by atoms with Crippen molar-refractivity contribution in [3.63, 3.8) is 0 Å². The quantitative estimate of drug-likeness (QED) is 0.577. The van der Waals surface area contributed by atoms with E-state index in [0.717, 1.165) is 18.8 Å². The molecular formula is C16H22N2O3S. The molecule has 5 nitrogen and oxygen atoms in total. The Morgan fingerprint density at radius 3 is 2.77 bits per heavy atom. The molecule has 1 fully saturated rings. The molecule has 1 heterocycles. The average Bonchev–Trinajstić information content (AvgIpc) is 3.30. The summed E-state index contributed by atoms with van der Waals surface area (Å²) in [6.45, 7) is 1.49. The second-order valence-corrected chi connectivity index (χ2v) is 6.28. The van der Waals surface area contributed by atoms with Gasteiger partial charge in [0.2, 0.25) is 5.91 Å². The van der Waals surface area contributed by atoms with Gasteiger partial charge in [0.25, 0.3) is 0 Å². The van der Waals surface area contributed by atoms with Crippen molar-refractivity contribution < 1.29 is 14.3 Å². The summed E-state index contributed by atoms with van der Waals surface area (Å²) < 4.78 is 4.76. The average molecular weight is 322 g/mol. The van der Waals surface area contributed by atoms with Crippen molar-refractivity contribution in [2.24, 2.45) is 0 Å². The lowest BCUT2D eigenvalue weighted by molar-refractivity contribution is -0.145. The Hall–Kier alpha value is -1.53. The van der Waals surface area contributed by atoms with Crippen LogP contribution in [0.5, 0.6) is 0 Å². The second kappa shape index (κ2) is 8.19. The lowest BCUT2D eigenvalue weighted by Crippen LogP contribution is -2.44. The zero-order valence-corrected chi connectivity index (χ0v) is 13.8. The smallest absolute Gasteiger partial charge is 0.328 e. The van der Waals surface area contributed by atoms with Gasteiger partial charge < -0.3 is 10.1 Å². The van der Waals surface area contributed by atoms with Crippen LogP contribution in [-0.4, -0.2) is 54.5 Å². The first-order valence-electron chi connectivity index (χ1n) is 7.30.